The number of aryl methyl sites for hydroxylation is 1. The first kappa shape index (κ1) is 16.5. The Bertz CT molecular complexity index is 716. The molecule has 1 amide bonds. The minimum absolute atomic E-state index is 0.0534. The number of carbonyl (C=O) groups excluding carboxylic acids is 1. The van der Waals surface area contributed by atoms with Crippen LogP contribution in [0.1, 0.15) is 31.2 Å². The smallest absolute Gasteiger partial charge is 0.243 e. The van der Waals surface area contributed by atoms with E-state index in [1.165, 1.54) is 0 Å². The largest absolute Gasteiger partial charge is 0.359 e. The van der Waals surface area contributed by atoms with E-state index in [4.69, 9.17) is 0 Å². The van der Waals surface area contributed by atoms with Gasteiger partial charge in [-0.15, -0.1) is 0 Å². The Labute approximate surface area is 138 Å². The molecule has 2 atom stereocenters. The predicted octanol–water partition coefficient (Wildman–Crippen LogP) is 1.92. The molecule has 126 valence electrons. The van der Waals surface area contributed by atoms with Crippen molar-refractivity contribution in [3.63, 3.8) is 0 Å². The molecule has 0 bridgehead atoms. The molecule has 2 fully saturated rings. The fraction of sp³-hybridized carbons (Fsp3) is 0.588. The molecule has 2 aliphatic rings. The minimum Gasteiger partial charge on any atom is -0.359 e. The third-order valence-corrected chi connectivity index (χ3v) is 7.54. The molecule has 1 saturated heterocycles. The van der Waals surface area contributed by atoms with Gasteiger partial charge >= 0.3 is 0 Å². The Hall–Kier alpha value is -1.40. The molecule has 0 unspecified atom stereocenters. The zero-order valence-corrected chi connectivity index (χ0v) is 14.5. The molecular formula is C17H24N2O3S. The van der Waals surface area contributed by atoms with Gasteiger partial charge in [-0.05, 0) is 43.2 Å². The van der Waals surface area contributed by atoms with Crippen molar-refractivity contribution in [1.29, 1.82) is 0 Å². The summed E-state index contributed by atoms with van der Waals surface area (Å²) in [6, 6.07) is 7.09. The number of carbonyl (C=O) groups is 1. The molecule has 23 heavy (non-hydrogen) atoms. The van der Waals surface area contributed by atoms with Crippen LogP contribution in [0.4, 0.5) is 0 Å². The second-order valence-corrected chi connectivity index (χ2v) is 8.68. The quantitative estimate of drug-likeness (QED) is 0.917. The Morgan fingerprint density at radius 3 is 2.74 bits per heavy atom. The lowest BCUT2D eigenvalue weighted by Gasteiger charge is -2.30. The van der Waals surface area contributed by atoms with Crippen LogP contribution in [-0.2, 0) is 14.8 Å². The van der Waals surface area contributed by atoms with E-state index in [1.54, 1.807) is 23.5 Å². The second-order valence-electron chi connectivity index (χ2n) is 6.78. The molecule has 5 nitrogen and oxygen atoms in total. The molecule has 1 aromatic carbocycles. The van der Waals surface area contributed by atoms with Gasteiger partial charge in [0, 0.05) is 26.1 Å². The molecule has 1 aliphatic heterocycles. The van der Waals surface area contributed by atoms with Crippen LogP contribution in [0.15, 0.2) is 29.2 Å². The summed E-state index contributed by atoms with van der Waals surface area (Å²) in [5.41, 5.74) is 0.582. The molecule has 1 saturated carbocycles. The van der Waals surface area contributed by atoms with Crippen LogP contribution in [0.25, 0.3) is 0 Å². The van der Waals surface area contributed by atoms with Gasteiger partial charge in [-0.25, -0.2) is 8.42 Å². The highest BCUT2D eigenvalue weighted by Crippen LogP contribution is 2.50. The summed E-state index contributed by atoms with van der Waals surface area (Å²) in [6.45, 7) is 2.79. The summed E-state index contributed by atoms with van der Waals surface area (Å²) in [6.07, 6.45) is 3.56. The SMILES string of the molecule is CNC(=O)[C@@H]1CCC[C@@]12CCN(S(=O)(=O)c1ccccc1C)C2. The first-order chi connectivity index (χ1) is 10.9. The van der Waals surface area contributed by atoms with Gasteiger partial charge in [-0.1, -0.05) is 24.6 Å². The van der Waals surface area contributed by atoms with Crippen LogP contribution in [0.2, 0.25) is 0 Å². The van der Waals surface area contributed by atoms with E-state index in [9.17, 15) is 13.2 Å². The van der Waals surface area contributed by atoms with Gasteiger partial charge < -0.3 is 5.32 Å². The third-order valence-electron chi connectivity index (χ3n) is 5.53. The lowest BCUT2D eigenvalue weighted by molar-refractivity contribution is -0.127. The van der Waals surface area contributed by atoms with E-state index in [0.29, 0.717) is 18.0 Å². The van der Waals surface area contributed by atoms with Crippen LogP contribution >= 0.6 is 0 Å². The number of hydrogen-bond acceptors (Lipinski definition) is 3. The molecule has 3 rings (SSSR count). The number of hydrogen-bond donors (Lipinski definition) is 1. The van der Waals surface area contributed by atoms with Gasteiger partial charge in [-0.2, -0.15) is 4.31 Å². The van der Waals surface area contributed by atoms with Crippen molar-refractivity contribution in [2.24, 2.45) is 11.3 Å². The zero-order valence-electron chi connectivity index (χ0n) is 13.7. The first-order valence-electron chi connectivity index (χ1n) is 8.18. The molecule has 1 spiro atoms. The van der Waals surface area contributed by atoms with Crippen molar-refractivity contribution in [3.05, 3.63) is 29.8 Å². The molecule has 1 N–H and O–H groups in total. The molecule has 1 aliphatic carbocycles. The van der Waals surface area contributed by atoms with Crippen LogP contribution < -0.4 is 5.32 Å². The topological polar surface area (TPSA) is 66.5 Å². The Kier molecular flexibility index (Phi) is 4.23. The molecule has 0 radical (unpaired) electrons. The van der Waals surface area contributed by atoms with E-state index >= 15 is 0 Å². The summed E-state index contributed by atoms with van der Waals surface area (Å²) in [4.78, 5) is 12.6. The number of nitrogens with zero attached hydrogens (tertiary/aromatic N) is 1. The van der Waals surface area contributed by atoms with Crippen LogP contribution in [0, 0.1) is 18.3 Å². The predicted molar refractivity (Wildman–Crippen MR) is 88.4 cm³/mol. The van der Waals surface area contributed by atoms with Crippen molar-refractivity contribution < 1.29 is 13.2 Å². The maximum atomic E-state index is 13.0. The first-order valence-corrected chi connectivity index (χ1v) is 9.62. The average molecular weight is 336 g/mol. The Morgan fingerprint density at radius 1 is 1.30 bits per heavy atom. The van der Waals surface area contributed by atoms with E-state index in [2.05, 4.69) is 5.32 Å². The second kappa shape index (κ2) is 5.91. The molecule has 0 aromatic heterocycles. The molecule has 6 heteroatoms. The summed E-state index contributed by atoms with van der Waals surface area (Å²) in [5, 5.41) is 2.75. The monoisotopic (exact) mass is 336 g/mol. The van der Waals surface area contributed by atoms with Crippen LogP contribution in [0.5, 0.6) is 0 Å². The van der Waals surface area contributed by atoms with Gasteiger partial charge in [0.25, 0.3) is 0 Å². The van der Waals surface area contributed by atoms with Crippen molar-refractivity contribution in [2.75, 3.05) is 20.1 Å². The zero-order chi connectivity index (χ0) is 16.7. The van der Waals surface area contributed by atoms with E-state index in [1.807, 2.05) is 19.1 Å². The highest BCUT2D eigenvalue weighted by Gasteiger charge is 2.52. The number of sulfonamides is 1. The number of amides is 1. The van der Waals surface area contributed by atoms with Gasteiger partial charge in [0.2, 0.25) is 15.9 Å². The number of rotatable bonds is 3. The number of nitrogens with one attached hydrogen (secondary N) is 1. The van der Waals surface area contributed by atoms with Crippen molar-refractivity contribution in [2.45, 2.75) is 37.5 Å². The van der Waals surface area contributed by atoms with Crippen molar-refractivity contribution in [1.82, 2.24) is 9.62 Å². The van der Waals surface area contributed by atoms with E-state index < -0.39 is 10.0 Å². The van der Waals surface area contributed by atoms with Crippen molar-refractivity contribution >= 4 is 15.9 Å². The molecular weight excluding hydrogens is 312 g/mol. The van der Waals surface area contributed by atoms with Crippen molar-refractivity contribution in [3.8, 4) is 0 Å². The summed E-state index contributed by atoms with van der Waals surface area (Å²) in [5.74, 6) is -0.0118. The van der Waals surface area contributed by atoms with Crippen LogP contribution in [-0.4, -0.2) is 38.8 Å². The Morgan fingerprint density at radius 2 is 2.04 bits per heavy atom. The maximum absolute atomic E-state index is 13.0. The summed E-state index contributed by atoms with van der Waals surface area (Å²) >= 11 is 0. The highest BCUT2D eigenvalue weighted by molar-refractivity contribution is 7.89. The lowest BCUT2D eigenvalue weighted by atomic mass is 9.76. The van der Waals surface area contributed by atoms with Gasteiger partial charge in [0.05, 0.1) is 4.90 Å². The molecule has 1 aromatic rings. The normalized spacial score (nSPS) is 28.3. The fourth-order valence-corrected chi connectivity index (χ4v) is 6.02. The fourth-order valence-electron chi connectivity index (χ4n) is 4.26. The molecule has 1 heterocycles. The maximum Gasteiger partial charge on any atom is 0.243 e. The third kappa shape index (κ3) is 2.68. The lowest BCUT2D eigenvalue weighted by Crippen LogP contribution is -2.40. The van der Waals surface area contributed by atoms with E-state index in [0.717, 1.165) is 31.2 Å². The standard InChI is InChI=1S/C17H24N2O3S/c1-13-6-3-4-8-15(13)23(21,22)19-11-10-17(12-19)9-5-7-14(17)16(20)18-2/h3-4,6,8,14H,5,7,9-12H2,1-2H3,(H,18,20)/t14-,17-/m0/s1. The van der Waals surface area contributed by atoms with E-state index in [-0.39, 0.29) is 17.2 Å². The Balaban J connectivity index is 1.88. The summed E-state index contributed by atoms with van der Waals surface area (Å²) in [7, 11) is -1.83. The van der Waals surface area contributed by atoms with Gasteiger partial charge in [-0.3, -0.25) is 4.79 Å². The highest BCUT2D eigenvalue weighted by atomic mass is 32.2. The summed E-state index contributed by atoms with van der Waals surface area (Å²) < 4.78 is 27.5. The van der Waals surface area contributed by atoms with Gasteiger partial charge in [0.15, 0.2) is 0 Å². The number of benzene rings is 1. The van der Waals surface area contributed by atoms with Crippen LogP contribution in [0.3, 0.4) is 0 Å². The van der Waals surface area contributed by atoms with Gasteiger partial charge in [0.1, 0.15) is 0 Å². The minimum atomic E-state index is -3.49. The average Bonchev–Trinajstić information content (AvgIpc) is 3.15.